The number of nitrogens with one attached hydrogen (secondary N) is 2. The SMILES string of the molecule is CCCCOc1ccc(CC(C)(C)NCC(O)c2ccc(O)c3c2OC[NH+]([O-])C3)cc1. The summed E-state index contributed by atoms with van der Waals surface area (Å²) in [6.45, 7) is 7.47. The maximum atomic E-state index is 11.7. The Kier molecular flexibility index (Phi) is 7.78. The third kappa shape index (κ3) is 6.33. The Morgan fingerprint density at radius 3 is 2.68 bits per heavy atom. The van der Waals surface area contributed by atoms with Crippen LogP contribution in [0.4, 0.5) is 0 Å². The fourth-order valence-corrected chi connectivity index (χ4v) is 3.73. The largest absolute Gasteiger partial charge is 0.632 e. The van der Waals surface area contributed by atoms with Gasteiger partial charge in [-0.15, -0.1) is 0 Å². The maximum absolute atomic E-state index is 11.7. The molecule has 31 heavy (non-hydrogen) atoms. The van der Waals surface area contributed by atoms with E-state index in [2.05, 4.69) is 38.2 Å². The van der Waals surface area contributed by atoms with E-state index in [1.807, 2.05) is 12.1 Å². The summed E-state index contributed by atoms with van der Waals surface area (Å²) in [7, 11) is 0. The lowest BCUT2D eigenvalue weighted by molar-refractivity contribution is -0.883. The first-order chi connectivity index (χ1) is 14.8. The van der Waals surface area contributed by atoms with Crippen LogP contribution in [-0.2, 0) is 13.0 Å². The number of quaternary nitrogens is 1. The lowest BCUT2D eigenvalue weighted by Gasteiger charge is -2.32. The molecule has 2 aromatic carbocycles. The molecule has 1 heterocycles. The predicted molar refractivity (Wildman–Crippen MR) is 119 cm³/mol. The summed E-state index contributed by atoms with van der Waals surface area (Å²) in [5.41, 5.74) is 1.96. The average molecular weight is 431 g/mol. The second-order valence-corrected chi connectivity index (χ2v) is 8.79. The molecule has 4 N–H and O–H groups in total. The zero-order chi connectivity index (χ0) is 22.4. The van der Waals surface area contributed by atoms with Gasteiger partial charge in [0, 0.05) is 17.6 Å². The number of hydrogen-bond donors (Lipinski definition) is 4. The predicted octanol–water partition coefficient (Wildman–Crippen LogP) is 2.45. The second kappa shape index (κ2) is 10.3. The van der Waals surface area contributed by atoms with E-state index in [4.69, 9.17) is 9.47 Å². The summed E-state index contributed by atoms with van der Waals surface area (Å²) in [6, 6.07) is 11.3. The Hall–Kier alpha value is -2.32. The van der Waals surface area contributed by atoms with Crippen LogP contribution >= 0.6 is 0 Å². The van der Waals surface area contributed by atoms with Crippen LogP contribution < -0.4 is 19.9 Å². The monoisotopic (exact) mass is 430 g/mol. The van der Waals surface area contributed by atoms with E-state index >= 15 is 0 Å². The molecule has 0 saturated heterocycles. The smallest absolute Gasteiger partial charge is 0.222 e. The van der Waals surface area contributed by atoms with E-state index < -0.39 is 6.10 Å². The van der Waals surface area contributed by atoms with Gasteiger partial charge in [0.25, 0.3) is 0 Å². The first kappa shape index (κ1) is 23.3. The van der Waals surface area contributed by atoms with Crippen LogP contribution in [0.1, 0.15) is 56.4 Å². The minimum atomic E-state index is -0.823. The molecule has 0 saturated carbocycles. The van der Waals surface area contributed by atoms with E-state index in [1.54, 1.807) is 6.07 Å². The zero-order valence-electron chi connectivity index (χ0n) is 18.6. The van der Waals surface area contributed by atoms with Crippen molar-refractivity contribution in [1.82, 2.24) is 5.32 Å². The number of rotatable bonds is 10. The molecule has 2 aromatic rings. The van der Waals surface area contributed by atoms with Gasteiger partial charge in [-0.05, 0) is 56.5 Å². The van der Waals surface area contributed by atoms with Crippen LogP contribution in [0.25, 0.3) is 0 Å². The van der Waals surface area contributed by atoms with E-state index in [1.165, 1.54) is 11.6 Å². The van der Waals surface area contributed by atoms with Crippen molar-refractivity contribution in [2.24, 2.45) is 0 Å². The number of phenolic OH excluding ortho intramolecular Hbond substituents is 1. The van der Waals surface area contributed by atoms with Crippen molar-refractivity contribution >= 4 is 0 Å². The van der Waals surface area contributed by atoms with Gasteiger partial charge in [-0.3, -0.25) is 0 Å². The van der Waals surface area contributed by atoms with Gasteiger partial charge in [-0.25, -0.2) is 0 Å². The molecular weight excluding hydrogens is 396 g/mol. The van der Waals surface area contributed by atoms with Gasteiger partial charge in [0.2, 0.25) is 6.73 Å². The lowest BCUT2D eigenvalue weighted by atomic mass is 9.94. The van der Waals surface area contributed by atoms with E-state index in [0.717, 1.165) is 31.6 Å². The van der Waals surface area contributed by atoms with Crippen molar-refractivity contribution in [1.29, 1.82) is 0 Å². The van der Waals surface area contributed by atoms with Crippen LogP contribution in [0.5, 0.6) is 17.2 Å². The van der Waals surface area contributed by atoms with Crippen molar-refractivity contribution in [2.75, 3.05) is 19.9 Å². The summed E-state index contributed by atoms with van der Waals surface area (Å²) in [5, 5.41) is 35.8. The summed E-state index contributed by atoms with van der Waals surface area (Å²) in [4.78, 5) is 0. The van der Waals surface area contributed by atoms with E-state index in [0.29, 0.717) is 23.4 Å². The van der Waals surface area contributed by atoms with Crippen LogP contribution in [-0.4, -0.2) is 35.6 Å². The standard InChI is InChI=1S/C24H34N2O5/c1-4-5-12-30-18-8-6-17(7-9-18)13-24(2,3)25-14-22(28)19-10-11-21(27)20-15-26(29)16-31-23(19)20/h6-11,22,25-28H,4-5,12-16H2,1-3H3. The minimum Gasteiger partial charge on any atom is -0.632 e. The molecule has 1 aliphatic rings. The molecule has 1 aliphatic heterocycles. The van der Waals surface area contributed by atoms with Gasteiger partial charge in [-0.1, -0.05) is 25.5 Å². The number of hydrogen-bond acceptors (Lipinski definition) is 6. The van der Waals surface area contributed by atoms with Gasteiger partial charge in [-0.2, -0.15) is 0 Å². The van der Waals surface area contributed by atoms with Crippen LogP contribution in [0.3, 0.4) is 0 Å². The number of aromatic hydroxyl groups is 1. The molecule has 0 aliphatic carbocycles. The molecule has 7 nitrogen and oxygen atoms in total. The zero-order valence-corrected chi connectivity index (χ0v) is 18.6. The Morgan fingerprint density at radius 2 is 1.97 bits per heavy atom. The van der Waals surface area contributed by atoms with Crippen molar-refractivity contribution in [2.45, 2.75) is 58.2 Å². The first-order valence-corrected chi connectivity index (χ1v) is 10.9. The Labute approximate surface area is 184 Å². The number of phenols is 1. The topological polar surface area (TPSA) is 98.5 Å². The summed E-state index contributed by atoms with van der Waals surface area (Å²) in [5.74, 6) is 1.33. The molecule has 0 spiro atoms. The summed E-state index contributed by atoms with van der Waals surface area (Å²) < 4.78 is 11.3. The fourth-order valence-electron chi connectivity index (χ4n) is 3.73. The molecule has 0 aromatic heterocycles. The second-order valence-electron chi connectivity index (χ2n) is 8.79. The van der Waals surface area contributed by atoms with Crippen molar-refractivity contribution in [3.05, 3.63) is 58.3 Å². The van der Waals surface area contributed by atoms with Gasteiger partial charge >= 0.3 is 0 Å². The molecule has 3 rings (SSSR count). The number of hydroxylamine groups is 2. The fraction of sp³-hybridized carbons (Fsp3) is 0.500. The molecule has 0 fully saturated rings. The highest BCUT2D eigenvalue weighted by Crippen LogP contribution is 2.35. The first-order valence-electron chi connectivity index (χ1n) is 10.9. The molecular formula is C24H34N2O5. The number of unbranched alkanes of at least 4 members (excludes halogenated alkanes) is 1. The van der Waals surface area contributed by atoms with Gasteiger partial charge in [0.1, 0.15) is 23.8 Å². The molecule has 0 bridgehead atoms. The van der Waals surface area contributed by atoms with Crippen LogP contribution in [0.15, 0.2) is 36.4 Å². The molecule has 2 unspecified atom stereocenters. The molecule has 170 valence electrons. The summed E-state index contributed by atoms with van der Waals surface area (Å²) >= 11 is 0. The van der Waals surface area contributed by atoms with Gasteiger partial charge in [0.05, 0.1) is 18.3 Å². The minimum absolute atomic E-state index is 0.0226. The van der Waals surface area contributed by atoms with Crippen LogP contribution in [0.2, 0.25) is 0 Å². The molecule has 0 amide bonds. The quantitative estimate of drug-likeness (QED) is 0.341. The Balaban J connectivity index is 1.58. The highest BCUT2D eigenvalue weighted by molar-refractivity contribution is 5.50. The Morgan fingerprint density at radius 1 is 1.23 bits per heavy atom. The average Bonchev–Trinajstić information content (AvgIpc) is 2.74. The number of fused-ring (bicyclic) bond motifs is 1. The van der Waals surface area contributed by atoms with E-state index in [9.17, 15) is 15.4 Å². The third-order valence-corrected chi connectivity index (χ3v) is 5.49. The van der Waals surface area contributed by atoms with Crippen molar-refractivity contribution in [3.63, 3.8) is 0 Å². The molecule has 7 heteroatoms. The molecule has 2 atom stereocenters. The van der Waals surface area contributed by atoms with Crippen molar-refractivity contribution in [3.8, 4) is 17.2 Å². The van der Waals surface area contributed by atoms with Crippen LogP contribution in [0, 0.1) is 5.21 Å². The number of benzene rings is 2. The highest BCUT2D eigenvalue weighted by Gasteiger charge is 2.27. The van der Waals surface area contributed by atoms with Gasteiger partial charge in [0.15, 0.2) is 0 Å². The number of aliphatic hydroxyl groups excluding tert-OH is 1. The normalized spacial score (nSPS) is 17.0. The highest BCUT2D eigenvalue weighted by atomic mass is 16.6. The number of aliphatic hydroxyl groups is 1. The summed E-state index contributed by atoms with van der Waals surface area (Å²) in [6.07, 6.45) is 2.12. The third-order valence-electron chi connectivity index (χ3n) is 5.49. The number of β-amino-alcohol motifs (C(OH)–C–C–N with tert-alkyl or cyclic N) is 1. The lowest BCUT2D eigenvalue weighted by Crippen LogP contribution is -3.07. The molecule has 0 radical (unpaired) electrons. The van der Waals surface area contributed by atoms with Crippen molar-refractivity contribution < 1.29 is 24.7 Å². The number of ether oxygens (including phenoxy) is 2. The van der Waals surface area contributed by atoms with Gasteiger partial charge < -0.3 is 35.3 Å². The Bertz CT molecular complexity index is 854. The maximum Gasteiger partial charge on any atom is 0.222 e. The van der Waals surface area contributed by atoms with E-state index in [-0.39, 0.29) is 29.6 Å².